The molecular formula is C53H63N7O10. The highest BCUT2D eigenvalue weighted by molar-refractivity contribution is 5.98. The highest BCUT2D eigenvalue weighted by atomic mass is 16.4. The fourth-order valence-electron chi connectivity index (χ4n) is 8.31. The molecular weight excluding hydrogens is 895 g/mol. The highest BCUT2D eigenvalue weighted by Gasteiger charge is 2.38. The number of rotatable bonds is 25. The number of carbonyl (C=O) groups is 8. The third-order valence-corrected chi connectivity index (χ3v) is 12.1. The molecule has 0 aliphatic rings. The second-order valence-corrected chi connectivity index (χ2v) is 17.9. The van der Waals surface area contributed by atoms with Gasteiger partial charge in [-0.25, -0.2) is 4.79 Å². The molecule has 70 heavy (non-hydrogen) atoms. The van der Waals surface area contributed by atoms with Crippen molar-refractivity contribution in [2.75, 3.05) is 0 Å². The molecule has 17 heteroatoms. The minimum Gasteiger partial charge on any atom is -0.481 e. The second kappa shape index (κ2) is 25.5. The van der Waals surface area contributed by atoms with Gasteiger partial charge in [0.05, 0.1) is 6.42 Å². The molecule has 7 atom stereocenters. The molecule has 0 spiro atoms. The summed E-state index contributed by atoms with van der Waals surface area (Å²) in [6.45, 7) is 8.32. The van der Waals surface area contributed by atoms with Crippen LogP contribution in [0.2, 0.25) is 0 Å². The molecule has 9 N–H and O–H groups in total. The number of H-pyrrole nitrogens is 1. The number of aromatic amines is 1. The molecule has 370 valence electrons. The van der Waals surface area contributed by atoms with E-state index in [0.717, 1.165) is 10.9 Å². The van der Waals surface area contributed by atoms with Gasteiger partial charge >= 0.3 is 11.9 Å². The zero-order valence-corrected chi connectivity index (χ0v) is 39.9. The van der Waals surface area contributed by atoms with Gasteiger partial charge in [0.2, 0.25) is 35.4 Å². The lowest BCUT2D eigenvalue weighted by Crippen LogP contribution is -2.61. The van der Waals surface area contributed by atoms with E-state index in [4.69, 9.17) is 0 Å². The molecule has 6 amide bonds. The SMILES string of the molecule is CC[C@H](C)[C@H](NC(=O)[C@H](CC(=O)O)NC(=O)[C@H](CC(C)C)NC(=O)[C@@H](NC(C)=O)C(c1ccccc1)c1ccccc1)C(=O)N[C@@H](Cc1ccccc1)C(=O)N[C@@H](Cc1c[nH]c2ccccc12)C(=O)O. The van der Waals surface area contributed by atoms with Crippen LogP contribution in [0.1, 0.15) is 82.1 Å². The van der Waals surface area contributed by atoms with Gasteiger partial charge in [-0.3, -0.25) is 33.6 Å². The van der Waals surface area contributed by atoms with Crippen LogP contribution in [0.5, 0.6) is 0 Å². The van der Waals surface area contributed by atoms with Crippen LogP contribution < -0.4 is 31.9 Å². The Labute approximate surface area is 407 Å². The smallest absolute Gasteiger partial charge is 0.326 e. The predicted molar refractivity (Wildman–Crippen MR) is 263 cm³/mol. The summed E-state index contributed by atoms with van der Waals surface area (Å²) >= 11 is 0. The Bertz CT molecular complexity index is 2550. The lowest BCUT2D eigenvalue weighted by atomic mass is 9.84. The van der Waals surface area contributed by atoms with Crippen molar-refractivity contribution in [3.63, 3.8) is 0 Å². The van der Waals surface area contributed by atoms with Crippen LogP contribution in [0.3, 0.4) is 0 Å². The number of aliphatic carboxylic acids is 2. The van der Waals surface area contributed by atoms with Crippen molar-refractivity contribution in [1.29, 1.82) is 0 Å². The lowest BCUT2D eigenvalue weighted by Gasteiger charge is -2.31. The summed E-state index contributed by atoms with van der Waals surface area (Å²) in [5.74, 6) is -8.96. The number of para-hydroxylation sites is 1. The fourth-order valence-corrected chi connectivity index (χ4v) is 8.31. The maximum absolute atomic E-state index is 14.4. The summed E-state index contributed by atoms with van der Waals surface area (Å²) in [4.78, 5) is 112. The van der Waals surface area contributed by atoms with E-state index in [1.165, 1.54) is 6.92 Å². The zero-order valence-electron chi connectivity index (χ0n) is 39.9. The molecule has 1 aromatic heterocycles. The number of carboxylic acids is 2. The quantitative estimate of drug-likeness (QED) is 0.0399. The largest absolute Gasteiger partial charge is 0.481 e. The topological polar surface area (TPSA) is 265 Å². The zero-order chi connectivity index (χ0) is 50.9. The monoisotopic (exact) mass is 957 g/mol. The molecule has 0 radical (unpaired) electrons. The van der Waals surface area contributed by atoms with Crippen LogP contribution in [0.4, 0.5) is 0 Å². The van der Waals surface area contributed by atoms with Crippen molar-refractivity contribution in [3.05, 3.63) is 144 Å². The lowest BCUT2D eigenvalue weighted by molar-refractivity contribution is -0.142. The van der Waals surface area contributed by atoms with Crippen LogP contribution >= 0.6 is 0 Å². The molecule has 0 unspecified atom stereocenters. The van der Waals surface area contributed by atoms with Gasteiger partial charge in [-0.2, -0.15) is 0 Å². The van der Waals surface area contributed by atoms with Gasteiger partial charge in [-0.05, 0) is 46.6 Å². The van der Waals surface area contributed by atoms with Gasteiger partial charge in [0.1, 0.15) is 36.3 Å². The van der Waals surface area contributed by atoms with Crippen molar-refractivity contribution in [1.82, 2.24) is 36.9 Å². The Morgan fingerprint density at radius 3 is 1.60 bits per heavy atom. The first kappa shape index (κ1) is 53.1. The van der Waals surface area contributed by atoms with E-state index >= 15 is 0 Å². The number of carboxylic acid groups (broad SMARTS) is 2. The summed E-state index contributed by atoms with van der Waals surface area (Å²) in [7, 11) is 0. The summed E-state index contributed by atoms with van der Waals surface area (Å²) in [5, 5.41) is 36.9. The van der Waals surface area contributed by atoms with Crippen molar-refractivity contribution < 1.29 is 48.6 Å². The Kier molecular flexibility index (Phi) is 19.4. The molecule has 0 aliphatic carbocycles. The molecule has 1 heterocycles. The van der Waals surface area contributed by atoms with Crippen molar-refractivity contribution in [3.8, 4) is 0 Å². The second-order valence-electron chi connectivity index (χ2n) is 17.9. The minimum absolute atomic E-state index is 0.0557. The fraction of sp³-hybridized carbons (Fsp3) is 0.358. The van der Waals surface area contributed by atoms with Crippen LogP contribution in [0.15, 0.2) is 121 Å². The van der Waals surface area contributed by atoms with Gasteiger partial charge < -0.3 is 47.1 Å². The van der Waals surface area contributed by atoms with Gasteiger partial charge in [0.15, 0.2) is 0 Å². The van der Waals surface area contributed by atoms with E-state index in [-0.39, 0.29) is 25.2 Å². The Morgan fingerprint density at radius 2 is 1.04 bits per heavy atom. The normalized spacial score (nSPS) is 14.2. The Hall–Kier alpha value is -7.82. The number of nitrogens with one attached hydrogen (secondary N) is 7. The van der Waals surface area contributed by atoms with E-state index in [1.54, 1.807) is 74.6 Å². The van der Waals surface area contributed by atoms with Gasteiger partial charge in [-0.15, -0.1) is 0 Å². The number of hydrogen-bond donors (Lipinski definition) is 9. The number of carbonyl (C=O) groups excluding carboxylic acids is 6. The molecule has 5 rings (SSSR count). The summed E-state index contributed by atoms with van der Waals surface area (Å²) in [6.07, 6.45) is 1.03. The standard InChI is InChI=1S/C53H63N7O10/c1-6-32(4)46(51(67)58-41(27-34-18-10-7-11-19-34)49(65)59-43(53(69)70)28-37-30-54-39-25-17-16-24-38(37)39)60-50(66)42(29-44(62)63)56-48(64)40(26-31(2)3)57-52(68)47(55-33(5)61)45(35-20-12-8-13-21-35)36-22-14-9-15-23-36/h7-25,30-32,40-43,45-47,54H,6,26-29H2,1-5H3,(H,55,61)(H,56,64)(H,57,68)(H,58,67)(H,59,65)(H,60,66)(H,62,63)(H,69,70)/t32-,40-,41-,42-,43-,46-,47-/m0/s1. The van der Waals surface area contributed by atoms with Gasteiger partial charge in [0.25, 0.3) is 0 Å². The molecule has 0 bridgehead atoms. The van der Waals surface area contributed by atoms with Crippen molar-refractivity contribution in [2.45, 2.75) is 109 Å². The van der Waals surface area contributed by atoms with Crippen LogP contribution in [0, 0.1) is 11.8 Å². The van der Waals surface area contributed by atoms with E-state index in [2.05, 4.69) is 36.9 Å². The van der Waals surface area contributed by atoms with E-state index < -0.39 is 102 Å². The molecule has 0 saturated heterocycles. The van der Waals surface area contributed by atoms with Crippen molar-refractivity contribution >= 4 is 58.3 Å². The van der Waals surface area contributed by atoms with Crippen LogP contribution in [-0.4, -0.2) is 98.8 Å². The maximum atomic E-state index is 14.4. The maximum Gasteiger partial charge on any atom is 0.326 e. The molecule has 5 aromatic rings. The van der Waals surface area contributed by atoms with Crippen LogP contribution in [0.25, 0.3) is 10.9 Å². The Balaban J connectivity index is 1.37. The van der Waals surface area contributed by atoms with E-state index in [1.807, 2.05) is 74.5 Å². The van der Waals surface area contributed by atoms with E-state index in [9.17, 15) is 48.6 Å². The van der Waals surface area contributed by atoms with Gasteiger partial charge in [-0.1, -0.05) is 143 Å². The average Bonchev–Trinajstić information content (AvgIpc) is 3.74. The first-order chi connectivity index (χ1) is 33.4. The van der Waals surface area contributed by atoms with Gasteiger partial charge in [0, 0.05) is 42.8 Å². The summed E-state index contributed by atoms with van der Waals surface area (Å²) in [6, 6.07) is 25.8. The minimum atomic E-state index is -1.74. The van der Waals surface area contributed by atoms with Crippen molar-refractivity contribution in [2.24, 2.45) is 11.8 Å². The molecule has 0 fully saturated rings. The number of hydrogen-bond acceptors (Lipinski definition) is 8. The van der Waals surface area contributed by atoms with E-state index in [0.29, 0.717) is 28.7 Å². The summed E-state index contributed by atoms with van der Waals surface area (Å²) < 4.78 is 0. The Morgan fingerprint density at radius 1 is 0.543 bits per heavy atom. The molecule has 17 nitrogen and oxygen atoms in total. The molecule has 0 saturated carbocycles. The first-order valence-corrected chi connectivity index (χ1v) is 23.4. The third kappa shape index (κ3) is 15.1. The first-order valence-electron chi connectivity index (χ1n) is 23.4. The number of fused-ring (bicyclic) bond motifs is 1. The third-order valence-electron chi connectivity index (χ3n) is 12.1. The predicted octanol–water partition coefficient (Wildman–Crippen LogP) is 4.37. The average molecular weight is 958 g/mol. The number of amides is 6. The number of aromatic nitrogens is 1. The molecule has 4 aromatic carbocycles. The summed E-state index contributed by atoms with van der Waals surface area (Å²) in [5.41, 5.74) is 3.51. The number of benzene rings is 4. The van der Waals surface area contributed by atoms with Crippen LogP contribution in [-0.2, 0) is 51.2 Å². The highest BCUT2D eigenvalue weighted by Crippen LogP contribution is 2.29. The molecule has 0 aliphatic heterocycles.